The van der Waals surface area contributed by atoms with E-state index in [-0.39, 0.29) is 12.0 Å². The third-order valence-corrected chi connectivity index (χ3v) is 3.70. The lowest BCUT2D eigenvalue weighted by Crippen LogP contribution is -2.42. The lowest BCUT2D eigenvalue weighted by Gasteiger charge is -2.15. The van der Waals surface area contributed by atoms with E-state index >= 15 is 0 Å². The van der Waals surface area contributed by atoms with Crippen molar-refractivity contribution in [1.82, 2.24) is 16.0 Å². The van der Waals surface area contributed by atoms with E-state index in [9.17, 15) is 4.79 Å². The van der Waals surface area contributed by atoms with E-state index in [1.54, 1.807) is 24.3 Å². The third-order valence-electron chi connectivity index (χ3n) is 3.45. The largest absolute Gasteiger partial charge is 0.489 e. The summed E-state index contributed by atoms with van der Waals surface area (Å²) in [6.07, 6.45) is 1.37. The molecule has 0 radical (unpaired) electrons. The highest BCUT2D eigenvalue weighted by molar-refractivity contribution is 6.30. The van der Waals surface area contributed by atoms with Gasteiger partial charge in [-0.05, 0) is 50.2 Å². The van der Waals surface area contributed by atoms with Gasteiger partial charge in [0.1, 0.15) is 11.9 Å². The minimum absolute atomic E-state index is 0.0970. The zero-order chi connectivity index (χ0) is 19.5. The van der Waals surface area contributed by atoms with Crippen molar-refractivity contribution in [2.45, 2.75) is 20.0 Å². The number of furan rings is 1. The first kappa shape index (κ1) is 20.6. The molecule has 0 fully saturated rings. The number of amides is 1. The molecule has 8 heteroatoms. The fraction of sp³-hybridized carbons (Fsp3) is 0.368. The normalized spacial score (nSPS) is 12.3. The van der Waals surface area contributed by atoms with E-state index in [0.717, 1.165) is 12.3 Å². The van der Waals surface area contributed by atoms with Gasteiger partial charge in [0.25, 0.3) is 5.91 Å². The number of nitrogens with one attached hydrogen (secondary N) is 3. The summed E-state index contributed by atoms with van der Waals surface area (Å²) in [5.74, 6) is 1.47. The average molecular weight is 393 g/mol. The van der Waals surface area contributed by atoms with Gasteiger partial charge in [-0.2, -0.15) is 0 Å². The van der Waals surface area contributed by atoms with Gasteiger partial charge in [0, 0.05) is 24.7 Å². The number of carbonyl (C=O) groups excluding carboxylic acids is 1. The number of rotatable bonds is 9. The molecule has 0 spiro atoms. The maximum atomic E-state index is 11.8. The van der Waals surface area contributed by atoms with Crippen molar-refractivity contribution in [2.75, 3.05) is 26.2 Å². The number of nitrogens with zero attached hydrogens (tertiary/aromatic N) is 1. The number of hydrogen-bond donors (Lipinski definition) is 3. The summed E-state index contributed by atoms with van der Waals surface area (Å²) in [6.45, 7) is 6.13. The van der Waals surface area contributed by atoms with Gasteiger partial charge in [-0.3, -0.25) is 4.79 Å². The highest BCUT2D eigenvalue weighted by Gasteiger charge is 2.07. The molecule has 1 unspecified atom stereocenters. The van der Waals surface area contributed by atoms with E-state index in [2.05, 4.69) is 20.9 Å². The summed E-state index contributed by atoms with van der Waals surface area (Å²) in [5, 5.41) is 9.77. The number of aliphatic imine (C=N–C) groups is 1. The van der Waals surface area contributed by atoms with Crippen molar-refractivity contribution in [2.24, 2.45) is 4.99 Å². The van der Waals surface area contributed by atoms with Crippen LogP contribution in [0.4, 0.5) is 0 Å². The van der Waals surface area contributed by atoms with Gasteiger partial charge in [0.15, 0.2) is 11.7 Å². The number of hydrogen-bond acceptors (Lipinski definition) is 4. The molecule has 146 valence electrons. The molecule has 7 nitrogen and oxygen atoms in total. The number of benzene rings is 1. The molecule has 1 aromatic heterocycles. The maximum Gasteiger partial charge on any atom is 0.287 e. The highest BCUT2D eigenvalue weighted by Crippen LogP contribution is 2.16. The van der Waals surface area contributed by atoms with Crippen LogP contribution in [0.5, 0.6) is 5.75 Å². The Labute approximate surface area is 164 Å². The number of carbonyl (C=O) groups is 1. The van der Waals surface area contributed by atoms with E-state index in [1.165, 1.54) is 6.26 Å². The minimum Gasteiger partial charge on any atom is -0.489 e. The molecular formula is C19H25ClN4O3. The number of guanidine groups is 1. The quantitative estimate of drug-likeness (QED) is 0.347. The van der Waals surface area contributed by atoms with E-state index < -0.39 is 0 Å². The monoisotopic (exact) mass is 392 g/mol. The Morgan fingerprint density at radius 1 is 1.19 bits per heavy atom. The molecule has 0 aliphatic rings. The first-order valence-corrected chi connectivity index (χ1v) is 9.22. The van der Waals surface area contributed by atoms with Crippen LogP contribution in [-0.4, -0.2) is 44.1 Å². The molecule has 2 aromatic rings. The molecule has 0 bridgehead atoms. The van der Waals surface area contributed by atoms with E-state index in [1.807, 2.05) is 26.0 Å². The zero-order valence-corrected chi connectivity index (χ0v) is 16.3. The second kappa shape index (κ2) is 11.1. The van der Waals surface area contributed by atoms with Crippen molar-refractivity contribution in [1.29, 1.82) is 0 Å². The van der Waals surface area contributed by atoms with Crippen molar-refractivity contribution >= 4 is 23.5 Å². The van der Waals surface area contributed by atoms with E-state index in [4.69, 9.17) is 20.8 Å². The third kappa shape index (κ3) is 7.62. The molecule has 2 rings (SSSR count). The molecule has 27 heavy (non-hydrogen) atoms. The highest BCUT2D eigenvalue weighted by atomic mass is 35.5. The van der Waals surface area contributed by atoms with Crippen LogP contribution in [0.1, 0.15) is 24.4 Å². The Morgan fingerprint density at radius 3 is 2.59 bits per heavy atom. The molecule has 1 atom stereocenters. The van der Waals surface area contributed by atoms with Crippen LogP contribution in [0.25, 0.3) is 0 Å². The summed E-state index contributed by atoms with van der Waals surface area (Å²) < 4.78 is 10.9. The lowest BCUT2D eigenvalue weighted by molar-refractivity contribution is 0.0926. The molecule has 1 amide bonds. The van der Waals surface area contributed by atoms with Gasteiger partial charge in [-0.1, -0.05) is 11.6 Å². The van der Waals surface area contributed by atoms with Crippen molar-refractivity contribution in [3.05, 3.63) is 53.4 Å². The standard InChI is InChI=1S/C19H25ClN4O3/c1-3-21-19(23-11-10-22-18(25)17-5-4-12-26-17)24-13-14(2)27-16-8-6-15(20)7-9-16/h4-9,12,14H,3,10-11,13H2,1-2H3,(H,22,25)(H2,21,23,24). The summed E-state index contributed by atoms with van der Waals surface area (Å²) in [4.78, 5) is 16.3. The van der Waals surface area contributed by atoms with Crippen LogP contribution >= 0.6 is 11.6 Å². The first-order valence-electron chi connectivity index (χ1n) is 8.84. The molecule has 1 heterocycles. The van der Waals surface area contributed by atoms with E-state index in [0.29, 0.717) is 36.4 Å². The summed E-state index contributed by atoms with van der Waals surface area (Å²) in [5.41, 5.74) is 0. The first-order chi connectivity index (χ1) is 13.1. The fourth-order valence-corrected chi connectivity index (χ4v) is 2.32. The maximum absolute atomic E-state index is 11.8. The summed E-state index contributed by atoms with van der Waals surface area (Å²) in [6, 6.07) is 10.5. The Kier molecular flexibility index (Phi) is 8.51. The molecule has 0 aliphatic carbocycles. The molecule has 1 aromatic carbocycles. The predicted molar refractivity (Wildman–Crippen MR) is 107 cm³/mol. The molecular weight excluding hydrogens is 368 g/mol. The number of ether oxygens (including phenoxy) is 1. The van der Waals surface area contributed by atoms with Crippen LogP contribution in [0.3, 0.4) is 0 Å². The topological polar surface area (TPSA) is 87.9 Å². The fourth-order valence-electron chi connectivity index (χ4n) is 2.20. The van der Waals surface area contributed by atoms with Crippen molar-refractivity contribution in [3.63, 3.8) is 0 Å². The van der Waals surface area contributed by atoms with Crippen molar-refractivity contribution in [3.8, 4) is 5.75 Å². The number of halogens is 1. The smallest absolute Gasteiger partial charge is 0.287 e. The van der Waals surface area contributed by atoms with Gasteiger partial charge in [0.05, 0.1) is 12.8 Å². The SMILES string of the molecule is CCNC(=NCC(C)Oc1ccc(Cl)cc1)NCCNC(=O)c1ccco1. The minimum atomic E-state index is -0.242. The summed E-state index contributed by atoms with van der Waals surface area (Å²) >= 11 is 5.87. The van der Waals surface area contributed by atoms with Gasteiger partial charge in [-0.25, -0.2) is 4.99 Å². The molecule has 0 saturated carbocycles. The Bertz CT molecular complexity index is 717. The van der Waals surface area contributed by atoms with Gasteiger partial charge < -0.3 is 25.1 Å². The van der Waals surface area contributed by atoms with Gasteiger partial charge in [-0.15, -0.1) is 0 Å². The Hall–Kier alpha value is -2.67. The second-order valence-electron chi connectivity index (χ2n) is 5.76. The van der Waals surface area contributed by atoms with Gasteiger partial charge in [0.2, 0.25) is 0 Å². The van der Waals surface area contributed by atoms with Crippen LogP contribution in [-0.2, 0) is 0 Å². The average Bonchev–Trinajstić information content (AvgIpc) is 3.19. The Balaban J connectivity index is 1.73. The second-order valence-corrected chi connectivity index (χ2v) is 6.20. The Morgan fingerprint density at radius 2 is 1.93 bits per heavy atom. The zero-order valence-electron chi connectivity index (χ0n) is 15.5. The molecule has 0 saturated heterocycles. The van der Waals surface area contributed by atoms with Gasteiger partial charge >= 0.3 is 0 Å². The summed E-state index contributed by atoms with van der Waals surface area (Å²) in [7, 11) is 0. The van der Waals surface area contributed by atoms with Crippen LogP contribution in [0, 0.1) is 0 Å². The van der Waals surface area contributed by atoms with Crippen molar-refractivity contribution < 1.29 is 13.9 Å². The predicted octanol–water partition coefficient (Wildman–Crippen LogP) is 2.69. The van der Waals surface area contributed by atoms with Crippen LogP contribution in [0.2, 0.25) is 5.02 Å². The lowest BCUT2D eigenvalue weighted by atomic mass is 10.3. The molecule has 0 aliphatic heterocycles. The van der Waals surface area contributed by atoms with Crippen LogP contribution < -0.4 is 20.7 Å². The van der Waals surface area contributed by atoms with Crippen LogP contribution in [0.15, 0.2) is 52.1 Å². The molecule has 3 N–H and O–H groups in total.